The SMILES string of the molecule is CC(C)C(C(=O)OC(C)(C)C)N1CCOCC1. The summed E-state index contributed by atoms with van der Waals surface area (Å²) in [5.74, 6) is 0.136. The summed E-state index contributed by atoms with van der Waals surface area (Å²) in [6.45, 7) is 12.8. The van der Waals surface area contributed by atoms with Crippen LogP contribution in [-0.2, 0) is 14.3 Å². The summed E-state index contributed by atoms with van der Waals surface area (Å²) >= 11 is 0. The van der Waals surface area contributed by atoms with Crippen LogP contribution in [-0.4, -0.2) is 48.8 Å². The zero-order valence-electron chi connectivity index (χ0n) is 11.7. The van der Waals surface area contributed by atoms with E-state index in [4.69, 9.17) is 9.47 Å². The van der Waals surface area contributed by atoms with Crippen molar-refractivity contribution >= 4 is 5.97 Å². The molecule has 1 unspecified atom stereocenters. The number of nitrogens with zero attached hydrogens (tertiary/aromatic N) is 1. The Morgan fingerprint density at radius 2 is 1.76 bits per heavy atom. The molecule has 0 aliphatic carbocycles. The largest absolute Gasteiger partial charge is 0.459 e. The van der Waals surface area contributed by atoms with E-state index in [1.807, 2.05) is 20.8 Å². The quantitative estimate of drug-likeness (QED) is 0.707. The van der Waals surface area contributed by atoms with Gasteiger partial charge in [-0.25, -0.2) is 0 Å². The van der Waals surface area contributed by atoms with Crippen LogP contribution in [0.3, 0.4) is 0 Å². The maximum Gasteiger partial charge on any atom is 0.324 e. The van der Waals surface area contributed by atoms with Gasteiger partial charge in [0.1, 0.15) is 11.6 Å². The lowest BCUT2D eigenvalue weighted by Gasteiger charge is -2.36. The molecule has 0 amide bonds. The summed E-state index contributed by atoms with van der Waals surface area (Å²) in [5, 5.41) is 0. The molecule has 1 saturated heterocycles. The van der Waals surface area contributed by atoms with E-state index in [1.165, 1.54) is 0 Å². The Bertz CT molecular complexity index is 252. The maximum atomic E-state index is 12.2. The lowest BCUT2D eigenvalue weighted by atomic mass is 10.0. The Morgan fingerprint density at radius 3 is 2.18 bits per heavy atom. The fraction of sp³-hybridized carbons (Fsp3) is 0.923. The molecular formula is C13H25NO3. The molecule has 0 aromatic rings. The minimum absolute atomic E-state index is 0.116. The van der Waals surface area contributed by atoms with Crippen molar-refractivity contribution in [2.24, 2.45) is 5.92 Å². The molecule has 0 aromatic heterocycles. The molecule has 0 bridgehead atoms. The standard InChI is InChI=1S/C13H25NO3/c1-10(2)11(12(15)17-13(3,4)5)14-6-8-16-9-7-14/h10-11H,6-9H2,1-5H3. The first-order chi connectivity index (χ1) is 7.81. The van der Waals surface area contributed by atoms with Crippen LogP contribution < -0.4 is 0 Å². The van der Waals surface area contributed by atoms with E-state index in [2.05, 4.69) is 18.7 Å². The molecule has 1 aliphatic rings. The fourth-order valence-corrected chi connectivity index (χ4v) is 2.06. The van der Waals surface area contributed by atoms with Crippen molar-refractivity contribution in [2.75, 3.05) is 26.3 Å². The molecule has 0 N–H and O–H groups in total. The average molecular weight is 243 g/mol. The molecule has 100 valence electrons. The number of ether oxygens (including phenoxy) is 2. The monoisotopic (exact) mass is 243 g/mol. The van der Waals surface area contributed by atoms with Crippen molar-refractivity contribution in [3.63, 3.8) is 0 Å². The Balaban J connectivity index is 2.67. The first kappa shape index (κ1) is 14.5. The van der Waals surface area contributed by atoms with Crippen molar-refractivity contribution in [1.82, 2.24) is 4.90 Å². The number of rotatable bonds is 3. The number of morpholine rings is 1. The number of carbonyl (C=O) groups is 1. The van der Waals surface area contributed by atoms with Gasteiger partial charge in [0.2, 0.25) is 0 Å². The van der Waals surface area contributed by atoms with Gasteiger partial charge >= 0.3 is 5.97 Å². The molecule has 1 fully saturated rings. The molecule has 4 heteroatoms. The van der Waals surface area contributed by atoms with Crippen molar-refractivity contribution in [3.8, 4) is 0 Å². The molecule has 4 nitrogen and oxygen atoms in total. The third-order valence-corrected chi connectivity index (χ3v) is 2.72. The van der Waals surface area contributed by atoms with Crippen molar-refractivity contribution < 1.29 is 14.3 Å². The van der Waals surface area contributed by atoms with Crippen LogP contribution in [0.4, 0.5) is 0 Å². The molecule has 17 heavy (non-hydrogen) atoms. The van der Waals surface area contributed by atoms with Gasteiger partial charge in [0, 0.05) is 13.1 Å². The Morgan fingerprint density at radius 1 is 1.24 bits per heavy atom. The Kier molecular flexibility index (Phi) is 4.95. The fourth-order valence-electron chi connectivity index (χ4n) is 2.06. The van der Waals surface area contributed by atoms with Crippen LogP contribution in [0.1, 0.15) is 34.6 Å². The van der Waals surface area contributed by atoms with Crippen molar-refractivity contribution in [3.05, 3.63) is 0 Å². The summed E-state index contributed by atoms with van der Waals surface area (Å²) < 4.78 is 10.8. The number of esters is 1. The third kappa shape index (κ3) is 4.64. The predicted octanol–water partition coefficient (Wildman–Crippen LogP) is 1.68. The van der Waals surface area contributed by atoms with Crippen LogP contribution in [0.15, 0.2) is 0 Å². The molecule has 0 radical (unpaired) electrons. The molecule has 1 rings (SSSR count). The van der Waals surface area contributed by atoms with Crippen LogP contribution in [0.25, 0.3) is 0 Å². The van der Waals surface area contributed by atoms with Gasteiger partial charge in [0.15, 0.2) is 0 Å². The van der Waals surface area contributed by atoms with Gasteiger partial charge in [-0.3, -0.25) is 9.69 Å². The summed E-state index contributed by atoms with van der Waals surface area (Å²) in [6, 6.07) is -0.155. The van der Waals surface area contributed by atoms with Gasteiger partial charge in [0.05, 0.1) is 13.2 Å². The lowest BCUT2D eigenvalue weighted by molar-refractivity contribution is -0.165. The summed E-state index contributed by atoms with van der Waals surface area (Å²) in [5.41, 5.74) is -0.420. The second-order valence-corrected chi connectivity index (χ2v) is 5.87. The smallest absolute Gasteiger partial charge is 0.324 e. The van der Waals surface area contributed by atoms with E-state index < -0.39 is 5.60 Å². The van der Waals surface area contributed by atoms with Crippen LogP contribution >= 0.6 is 0 Å². The molecule has 1 heterocycles. The molecular weight excluding hydrogens is 218 g/mol. The molecule has 1 aliphatic heterocycles. The van der Waals surface area contributed by atoms with E-state index in [9.17, 15) is 4.79 Å². The van der Waals surface area contributed by atoms with Gasteiger partial charge < -0.3 is 9.47 Å². The highest BCUT2D eigenvalue weighted by Gasteiger charge is 2.33. The first-order valence-corrected chi connectivity index (χ1v) is 6.36. The van der Waals surface area contributed by atoms with Crippen molar-refractivity contribution in [2.45, 2.75) is 46.3 Å². The van der Waals surface area contributed by atoms with Gasteiger partial charge in [-0.2, -0.15) is 0 Å². The highest BCUT2D eigenvalue weighted by Crippen LogP contribution is 2.18. The lowest BCUT2D eigenvalue weighted by Crippen LogP contribution is -2.51. The molecule has 0 aromatic carbocycles. The zero-order valence-corrected chi connectivity index (χ0v) is 11.7. The highest BCUT2D eigenvalue weighted by atomic mass is 16.6. The van der Waals surface area contributed by atoms with Gasteiger partial charge in [-0.15, -0.1) is 0 Å². The Hall–Kier alpha value is -0.610. The van der Waals surface area contributed by atoms with E-state index in [0.29, 0.717) is 13.2 Å². The molecule has 0 saturated carbocycles. The molecule has 1 atom stereocenters. The predicted molar refractivity (Wildman–Crippen MR) is 66.9 cm³/mol. The number of hydrogen-bond acceptors (Lipinski definition) is 4. The van der Waals surface area contributed by atoms with E-state index in [-0.39, 0.29) is 17.9 Å². The van der Waals surface area contributed by atoms with Gasteiger partial charge in [-0.1, -0.05) is 13.8 Å². The van der Waals surface area contributed by atoms with Crippen molar-refractivity contribution in [1.29, 1.82) is 0 Å². The molecule has 0 spiro atoms. The normalized spacial score (nSPS) is 20.4. The number of hydrogen-bond donors (Lipinski definition) is 0. The minimum atomic E-state index is -0.420. The maximum absolute atomic E-state index is 12.2. The van der Waals surface area contributed by atoms with Crippen LogP contribution in [0, 0.1) is 5.92 Å². The van der Waals surface area contributed by atoms with E-state index in [0.717, 1.165) is 13.1 Å². The van der Waals surface area contributed by atoms with Gasteiger partial charge in [-0.05, 0) is 26.7 Å². The first-order valence-electron chi connectivity index (χ1n) is 6.36. The zero-order chi connectivity index (χ0) is 13.1. The third-order valence-electron chi connectivity index (χ3n) is 2.72. The second kappa shape index (κ2) is 5.83. The number of carbonyl (C=O) groups excluding carboxylic acids is 1. The average Bonchev–Trinajstić information content (AvgIpc) is 2.15. The van der Waals surface area contributed by atoms with Crippen LogP contribution in [0.2, 0.25) is 0 Å². The summed E-state index contributed by atoms with van der Waals surface area (Å²) in [4.78, 5) is 14.4. The Labute approximate surface area is 104 Å². The van der Waals surface area contributed by atoms with E-state index >= 15 is 0 Å². The second-order valence-electron chi connectivity index (χ2n) is 5.87. The minimum Gasteiger partial charge on any atom is -0.459 e. The highest BCUT2D eigenvalue weighted by molar-refractivity contribution is 5.76. The van der Waals surface area contributed by atoms with Gasteiger partial charge in [0.25, 0.3) is 0 Å². The summed E-state index contributed by atoms with van der Waals surface area (Å²) in [7, 11) is 0. The van der Waals surface area contributed by atoms with E-state index in [1.54, 1.807) is 0 Å². The van der Waals surface area contributed by atoms with Crippen LogP contribution in [0.5, 0.6) is 0 Å². The summed E-state index contributed by atoms with van der Waals surface area (Å²) in [6.07, 6.45) is 0. The topological polar surface area (TPSA) is 38.8 Å².